The summed E-state index contributed by atoms with van der Waals surface area (Å²) in [6, 6.07) is 12.8. The Labute approximate surface area is 278 Å². The normalized spacial score (nSPS) is 15.4. The molecule has 2 aliphatic heterocycles. The van der Waals surface area contributed by atoms with Crippen LogP contribution in [0.1, 0.15) is 77.2 Å². The maximum absolute atomic E-state index is 12.0. The number of carboxylic acid groups (broad SMARTS) is 1. The van der Waals surface area contributed by atoms with Crippen LogP contribution in [0.15, 0.2) is 57.5 Å². The summed E-state index contributed by atoms with van der Waals surface area (Å²) in [4.78, 5) is 13.0. The molecular formula is C36H48N2O8S. The molecule has 11 heteroatoms. The lowest BCUT2D eigenvalue weighted by atomic mass is 9.82. The van der Waals surface area contributed by atoms with E-state index in [2.05, 4.69) is 60.6 Å². The first-order chi connectivity index (χ1) is 22.1. The molecule has 3 aliphatic rings. The monoisotopic (exact) mass is 668 g/mol. The topological polar surface area (TPSA) is 132 Å². The second-order valence-electron chi connectivity index (χ2n) is 13.6. The van der Waals surface area contributed by atoms with Crippen molar-refractivity contribution in [3.63, 3.8) is 0 Å². The molecule has 0 spiro atoms. The number of carboxylic acids is 1. The zero-order valence-corrected chi connectivity index (χ0v) is 29.4. The predicted molar refractivity (Wildman–Crippen MR) is 182 cm³/mol. The number of anilines is 1. The second-order valence-corrected chi connectivity index (χ2v) is 15.0. The standard InChI is InChI=1S/C36H48N2O8S/c1-35(2,3)33-22-25(28-14-12-26(23-31(28)46-33)37(17-19-44-6)18-20-45-7)21-32-36(4,5)29-24-27(47(41,42)43)13-15-30(29)38(32)16-10-8-9-11-34(39)40/h12-15,21-24H,8-11,16-20H2,1-7H3,(H-,39,40,41,42,43). The Morgan fingerprint density at radius 3 is 2.30 bits per heavy atom. The Hall–Kier alpha value is -3.51. The number of unbranched alkanes of at least 4 members (excludes halogenated alkanes) is 2. The van der Waals surface area contributed by atoms with Crippen LogP contribution in [0.5, 0.6) is 0 Å². The fourth-order valence-electron chi connectivity index (χ4n) is 6.04. The first-order valence-corrected chi connectivity index (χ1v) is 17.4. The van der Waals surface area contributed by atoms with Crippen LogP contribution >= 0.6 is 0 Å². The van der Waals surface area contributed by atoms with Crippen molar-refractivity contribution in [2.45, 2.75) is 76.0 Å². The van der Waals surface area contributed by atoms with Gasteiger partial charge in [-0.05, 0) is 60.4 Å². The number of aliphatic carboxylic acids is 1. The molecule has 0 atom stereocenters. The summed E-state index contributed by atoms with van der Waals surface area (Å²) in [6.45, 7) is 13.5. The lowest BCUT2D eigenvalue weighted by Crippen LogP contribution is -2.35. The highest BCUT2D eigenvalue weighted by Gasteiger charge is 2.40. The van der Waals surface area contributed by atoms with Gasteiger partial charge >= 0.3 is 5.97 Å². The average molecular weight is 669 g/mol. The van der Waals surface area contributed by atoms with E-state index in [0.29, 0.717) is 39.3 Å². The Kier molecular flexibility index (Phi) is 11.4. The molecule has 0 radical (unpaired) electrons. The third kappa shape index (κ3) is 8.51. The third-order valence-electron chi connectivity index (χ3n) is 8.73. The highest BCUT2D eigenvalue weighted by atomic mass is 32.2. The van der Waals surface area contributed by atoms with Gasteiger partial charge in [0.05, 0.1) is 11.0 Å². The Balaban J connectivity index is 1.91. The minimum absolute atomic E-state index is 0.112. The Morgan fingerprint density at radius 1 is 1.02 bits per heavy atom. The number of carbonyl (C=O) groups is 1. The van der Waals surface area contributed by atoms with E-state index in [1.807, 2.05) is 13.8 Å². The number of fused-ring (bicyclic) bond motifs is 2. The van der Waals surface area contributed by atoms with Gasteiger partial charge in [0.1, 0.15) is 34.9 Å². The van der Waals surface area contributed by atoms with Crippen LogP contribution in [0.25, 0.3) is 17.4 Å². The molecule has 0 fully saturated rings. The molecule has 0 bridgehead atoms. The summed E-state index contributed by atoms with van der Waals surface area (Å²) in [5.41, 5.74) is 3.47. The second kappa shape index (κ2) is 14.7. The van der Waals surface area contributed by atoms with E-state index < -0.39 is 21.5 Å². The van der Waals surface area contributed by atoms with E-state index in [9.17, 15) is 17.8 Å². The van der Waals surface area contributed by atoms with Gasteiger partial charge in [-0.3, -0.25) is 4.79 Å². The molecule has 0 unspecified atom stereocenters. The van der Waals surface area contributed by atoms with Gasteiger partial charge in [-0.15, -0.1) is 0 Å². The van der Waals surface area contributed by atoms with E-state index in [0.717, 1.165) is 57.8 Å². The van der Waals surface area contributed by atoms with Gasteiger partial charge in [0.15, 0.2) is 13.1 Å². The molecular weight excluding hydrogens is 620 g/mol. The number of hydrogen-bond donors (Lipinski definition) is 1. The van der Waals surface area contributed by atoms with Crippen LogP contribution in [0, 0.1) is 0 Å². The predicted octanol–water partition coefficient (Wildman–Crippen LogP) is 5.43. The molecule has 0 saturated carbocycles. The number of allylic oxidation sites excluding steroid dienone is 1. The lowest BCUT2D eigenvalue weighted by molar-refractivity contribution is -0.137. The zero-order valence-electron chi connectivity index (χ0n) is 28.6. The summed E-state index contributed by atoms with van der Waals surface area (Å²) >= 11 is 0. The van der Waals surface area contributed by atoms with Crippen molar-refractivity contribution in [1.82, 2.24) is 4.58 Å². The number of rotatable bonds is 14. The molecule has 0 amide bonds. The number of benzene rings is 2. The first kappa shape index (κ1) is 36.3. The van der Waals surface area contributed by atoms with Crippen molar-refractivity contribution in [3.8, 4) is 11.3 Å². The van der Waals surface area contributed by atoms with Crippen LogP contribution in [-0.2, 0) is 35.2 Å². The van der Waals surface area contributed by atoms with E-state index in [1.54, 1.807) is 20.3 Å². The van der Waals surface area contributed by atoms with Gasteiger partial charge in [0, 0.05) is 61.0 Å². The summed E-state index contributed by atoms with van der Waals surface area (Å²) in [5, 5.41) is 10.1. The first-order valence-electron chi connectivity index (χ1n) is 16.0. The maximum Gasteiger partial charge on any atom is 0.303 e. The van der Waals surface area contributed by atoms with E-state index in [4.69, 9.17) is 19.0 Å². The van der Waals surface area contributed by atoms with Crippen LogP contribution in [0.2, 0.25) is 0 Å². The fourth-order valence-corrected chi connectivity index (χ4v) is 6.54. The summed E-state index contributed by atoms with van der Waals surface area (Å²) in [5.74, 6) is 0.724. The number of hydrogen-bond acceptors (Lipinski definition) is 8. The van der Waals surface area contributed by atoms with Crippen LogP contribution in [0.4, 0.5) is 5.69 Å². The van der Waals surface area contributed by atoms with Crippen molar-refractivity contribution < 1.29 is 36.8 Å². The van der Waals surface area contributed by atoms with E-state index in [-0.39, 0.29) is 16.7 Å². The van der Waals surface area contributed by atoms with Gasteiger partial charge in [0.2, 0.25) is 5.36 Å². The molecule has 10 nitrogen and oxygen atoms in total. The van der Waals surface area contributed by atoms with Crippen molar-refractivity contribution in [2.75, 3.05) is 52.0 Å². The third-order valence-corrected chi connectivity index (χ3v) is 9.57. The molecule has 1 aromatic carbocycles. The highest BCUT2D eigenvalue weighted by molar-refractivity contribution is 7.85. The van der Waals surface area contributed by atoms with Crippen molar-refractivity contribution in [1.29, 1.82) is 0 Å². The summed E-state index contributed by atoms with van der Waals surface area (Å²) in [6.07, 6.45) is 4.29. The average Bonchev–Trinajstić information content (AvgIpc) is 3.20. The maximum atomic E-state index is 12.0. The Bertz CT molecular complexity index is 1760. The van der Waals surface area contributed by atoms with E-state index >= 15 is 0 Å². The molecule has 1 N–H and O–H groups in total. The van der Waals surface area contributed by atoms with E-state index in [1.165, 1.54) is 12.1 Å². The molecule has 1 aromatic rings. The molecule has 47 heavy (non-hydrogen) atoms. The van der Waals surface area contributed by atoms with Gasteiger partial charge < -0.3 is 28.5 Å². The van der Waals surface area contributed by atoms with Crippen molar-refractivity contribution >= 4 is 27.9 Å². The van der Waals surface area contributed by atoms with Gasteiger partial charge in [-0.25, -0.2) is 13.0 Å². The van der Waals surface area contributed by atoms with Crippen molar-refractivity contribution in [2.24, 2.45) is 0 Å². The van der Waals surface area contributed by atoms with Crippen molar-refractivity contribution in [3.05, 3.63) is 70.4 Å². The van der Waals surface area contributed by atoms with Gasteiger partial charge in [-0.1, -0.05) is 41.0 Å². The molecule has 2 heterocycles. The number of nitrogens with zero attached hydrogens (tertiary/aromatic N) is 2. The summed E-state index contributed by atoms with van der Waals surface area (Å²) in [7, 11) is -1.29. The summed E-state index contributed by atoms with van der Waals surface area (Å²) < 4.78 is 55.5. The largest absolute Gasteiger partial charge is 0.744 e. The SMILES string of the molecule is COCC[N+](CCOC)=c1ccc2c(/C=C3/N(CCCCCC(=O)O)c4ccc(S(=O)(=O)[O-])cc4C3(C)C)cc(C(C)(C)C)oc-2c1. The van der Waals surface area contributed by atoms with Gasteiger partial charge in [0.25, 0.3) is 0 Å². The lowest BCUT2D eigenvalue weighted by Gasteiger charge is -2.28. The fraction of sp³-hybridized carbons (Fsp3) is 0.500. The smallest absolute Gasteiger partial charge is 0.303 e. The van der Waals surface area contributed by atoms with Crippen LogP contribution in [-0.4, -0.2) is 71.1 Å². The highest BCUT2D eigenvalue weighted by Crippen LogP contribution is 2.50. The number of methoxy groups -OCH3 is 2. The number of ether oxygens (including phenoxy) is 2. The van der Waals surface area contributed by atoms with Crippen LogP contribution in [0.3, 0.4) is 0 Å². The van der Waals surface area contributed by atoms with Gasteiger partial charge in [-0.2, -0.15) is 0 Å². The van der Waals surface area contributed by atoms with Crippen LogP contribution < -0.4 is 14.8 Å². The quantitative estimate of drug-likeness (QED) is 0.136. The molecule has 256 valence electrons. The zero-order chi connectivity index (χ0) is 34.6. The minimum Gasteiger partial charge on any atom is -0.744 e. The molecule has 0 aromatic heterocycles. The molecule has 1 aliphatic carbocycles. The Morgan fingerprint density at radius 2 is 1.70 bits per heavy atom. The minimum atomic E-state index is -4.65. The molecule has 4 rings (SSSR count). The molecule has 0 saturated heterocycles.